The van der Waals surface area contributed by atoms with Crippen LogP contribution in [0.5, 0.6) is 5.75 Å². The Balaban J connectivity index is 1.45. The molecule has 0 spiro atoms. The van der Waals surface area contributed by atoms with E-state index in [1.54, 1.807) is 0 Å². The molecule has 2 heteroatoms. The zero-order valence-electron chi connectivity index (χ0n) is 12.9. The zero-order valence-corrected chi connectivity index (χ0v) is 12.9. The number of benzene rings is 3. The summed E-state index contributed by atoms with van der Waals surface area (Å²) < 4.78 is 5.71. The second-order valence-electron chi connectivity index (χ2n) is 5.52. The van der Waals surface area contributed by atoms with Crippen molar-refractivity contribution in [1.82, 2.24) is 5.32 Å². The van der Waals surface area contributed by atoms with E-state index in [0.29, 0.717) is 6.61 Å². The number of aryl methyl sites for hydroxylation is 1. The predicted molar refractivity (Wildman–Crippen MR) is 92.3 cm³/mol. The number of hydrogen-bond acceptors (Lipinski definition) is 2. The van der Waals surface area contributed by atoms with Crippen molar-refractivity contribution in [3.05, 3.63) is 77.9 Å². The van der Waals surface area contributed by atoms with Gasteiger partial charge >= 0.3 is 0 Å². The van der Waals surface area contributed by atoms with Gasteiger partial charge in [0, 0.05) is 13.1 Å². The molecule has 3 aromatic rings. The molecule has 0 saturated heterocycles. The summed E-state index contributed by atoms with van der Waals surface area (Å²) in [4.78, 5) is 0. The van der Waals surface area contributed by atoms with Crippen molar-refractivity contribution in [3.63, 3.8) is 0 Å². The molecule has 0 atom stereocenters. The van der Waals surface area contributed by atoms with Gasteiger partial charge in [-0.25, -0.2) is 0 Å². The normalized spacial score (nSPS) is 10.8. The molecule has 22 heavy (non-hydrogen) atoms. The van der Waals surface area contributed by atoms with Crippen LogP contribution in [-0.2, 0) is 6.54 Å². The van der Waals surface area contributed by atoms with Crippen molar-refractivity contribution < 1.29 is 4.74 Å². The van der Waals surface area contributed by atoms with E-state index in [0.717, 1.165) is 18.8 Å². The second kappa shape index (κ2) is 7.10. The fourth-order valence-electron chi connectivity index (χ4n) is 2.46. The van der Waals surface area contributed by atoms with Crippen LogP contribution in [-0.4, -0.2) is 13.2 Å². The first kappa shape index (κ1) is 14.6. The van der Waals surface area contributed by atoms with Crippen molar-refractivity contribution >= 4 is 10.8 Å². The number of fused-ring (bicyclic) bond motifs is 1. The van der Waals surface area contributed by atoms with E-state index in [1.165, 1.54) is 21.9 Å². The lowest BCUT2D eigenvalue weighted by Gasteiger charge is -2.08. The van der Waals surface area contributed by atoms with Gasteiger partial charge < -0.3 is 10.1 Å². The van der Waals surface area contributed by atoms with Gasteiger partial charge in [-0.2, -0.15) is 0 Å². The van der Waals surface area contributed by atoms with E-state index in [2.05, 4.69) is 66.8 Å². The number of ether oxygens (including phenoxy) is 1. The van der Waals surface area contributed by atoms with Gasteiger partial charge in [0.2, 0.25) is 0 Å². The molecular weight excluding hydrogens is 270 g/mol. The summed E-state index contributed by atoms with van der Waals surface area (Å²) in [5.74, 6) is 0.929. The first-order valence-corrected chi connectivity index (χ1v) is 7.69. The molecule has 0 aromatic heterocycles. The van der Waals surface area contributed by atoms with Crippen LogP contribution < -0.4 is 10.1 Å². The predicted octanol–water partition coefficient (Wildman–Crippen LogP) is 4.32. The maximum atomic E-state index is 5.71. The summed E-state index contributed by atoms with van der Waals surface area (Å²) in [7, 11) is 0. The average molecular weight is 291 g/mol. The highest BCUT2D eigenvalue weighted by Gasteiger charge is 1.97. The Labute approximate surface area is 131 Å². The van der Waals surface area contributed by atoms with Crippen LogP contribution in [0.1, 0.15) is 11.1 Å². The molecule has 0 unspecified atom stereocenters. The number of rotatable bonds is 6. The molecule has 0 aliphatic heterocycles. The van der Waals surface area contributed by atoms with Crippen molar-refractivity contribution in [1.29, 1.82) is 0 Å². The molecule has 0 fully saturated rings. The first-order chi connectivity index (χ1) is 10.8. The van der Waals surface area contributed by atoms with E-state index in [9.17, 15) is 0 Å². The molecule has 1 N–H and O–H groups in total. The molecule has 2 nitrogen and oxygen atoms in total. The molecule has 0 aliphatic rings. The van der Waals surface area contributed by atoms with Crippen molar-refractivity contribution in [3.8, 4) is 5.75 Å². The molecule has 0 bridgehead atoms. The van der Waals surface area contributed by atoms with E-state index in [1.807, 2.05) is 12.1 Å². The monoisotopic (exact) mass is 291 g/mol. The highest BCUT2D eigenvalue weighted by atomic mass is 16.5. The Morgan fingerprint density at radius 1 is 0.864 bits per heavy atom. The molecule has 0 saturated carbocycles. The van der Waals surface area contributed by atoms with Crippen molar-refractivity contribution in [2.24, 2.45) is 0 Å². The minimum Gasteiger partial charge on any atom is -0.492 e. The lowest BCUT2D eigenvalue weighted by atomic mass is 10.1. The topological polar surface area (TPSA) is 21.3 Å². The van der Waals surface area contributed by atoms with Gasteiger partial charge in [-0.05, 0) is 41.5 Å². The van der Waals surface area contributed by atoms with Crippen LogP contribution in [0.25, 0.3) is 10.8 Å². The number of nitrogens with one attached hydrogen (secondary N) is 1. The molecule has 112 valence electrons. The lowest BCUT2D eigenvalue weighted by molar-refractivity contribution is 0.313. The van der Waals surface area contributed by atoms with Gasteiger partial charge in [-0.3, -0.25) is 0 Å². The maximum Gasteiger partial charge on any atom is 0.119 e. The molecule has 3 aromatic carbocycles. The summed E-state index contributed by atoms with van der Waals surface area (Å²) in [6.07, 6.45) is 0. The van der Waals surface area contributed by atoms with Crippen LogP contribution in [0.2, 0.25) is 0 Å². The Hall–Kier alpha value is -2.32. The molecule has 0 amide bonds. The summed E-state index contributed by atoms with van der Waals surface area (Å²) in [6.45, 7) is 4.45. The fraction of sp³-hybridized carbons (Fsp3) is 0.200. The molecule has 0 heterocycles. The molecule has 3 rings (SSSR count). The average Bonchev–Trinajstić information content (AvgIpc) is 2.56. The second-order valence-corrected chi connectivity index (χ2v) is 5.52. The van der Waals surface area contributed by atoms with Gasteiger partial charge in [0.1, 0.15) is 12.4 Å². The van der Waals surface area contributed by atoms with E-state index >= 15 is 0 Å². The van der Waals surface area contributed by atoms with E-state index in [4.69, 9.17) is 4.74 Å². The van der Waals surface area contributed by atoms with Gasteiger partial charge in [-0.1, -0.05) is 54.1 Å². The summed E-state index contributed by atoms with van der Waals surface area (Å²) in [6, 6.07) is 23.2. The SMILES string of the molecule is Cc1ccc(OCCNCc2ccc3ccccc3c2)cc1. The fourth-order valence-corrected chi connectivity index (χ4v) is 2.46. The molecule has 0 radical (unpaired) electrons. The summed E-state index contributed by atoms with van der Waals surface area (Å²) in [5, 5.41) is 6.00. The molecular formula is C20H21NO. The van der Waals surface area contributed by atoms with Gasteiger partial charge in [0.05, 0.1) is 0 Å². The molecule has 0 aliphatic carbocycles. The van der Waals surface area contributed by atoms with Crippen LogP contribution in [0.15, 0.2) is 66.7 Å². The van der Waals surface area contributed by atoms with E-state index in [-0.39, 0.29) is 0 Å². The van der Waals surface area contributed by atoms with Crippen LogP contribution in [0.4, 0.5) is 0 Å². The standard InChI is InChI=1S/C20H21NO/c1-16-6-10-20(11-7-16)22-13-12-21-15-17-8-9-18-4-2-3-5-19(18)14-17/h2-11,14,21H,12-13,15H2,1H3. The first-order valence-electron chi connectivity index (χ1n) is 7.69. The van der Waals surface area contributed by atoms with Gasteiger partial charge in [0.25, 0.3) is 0 Å². The lowest BCUT2D eigenvalue weighted by Crippen LogP contribution is -2.20. The van der Waals surface area contributed by atoms with Gasteiger partial charge in [0.15, 0.2) is 0 Å². The minimum atomic E-state index is 0.677. The van der Waals surface area contributed by atoms with Crippen molar-refractivity contribution in [2.45, 2.75) is 13.5 Å². The van der Waals surface area contributed by atoms with E-state index < -0.39 is 0 Å². The zero-order chi connectivity index (χ0) is 15.2. The summed E-state index contributed by atoms with van der Waals surface area (Å²) in [5.41, 5.74) is 2.55. The Kier molecular flexibility index (Phi) is 4.71. The third-order valence-corrected chi connectivity index (χ3v) is 3.71. The highest BCUT2D eigenvalue weighted by Crippen LogP contribution is 2.15. The minimum absolute atomic E-state index is 0.677. The van der Waals surface area contributed by atoms with Crippen LogP contribution in [0, 0.1) is 6.92 Å². The quantitative estimate of drug-likeness (QED) is 0.683. The Bertz CT molecular complexity index is 734. The highest BCUT2D eigenvalue weighted by molar-refractivity contribution is 5.82. The third-order valence-electron chi connectivity index (χ3n) is 3.71. The summed E-state index contributed by atoms with van der Waals surface area (Å²) >= 11 is 0. The number of hydrogen-bond donors (Lipinski definition) is 1. The third kappa shape index (κ3) is 3.86. The maximum absolute atomic E-state index is 5.71. The Morgan fingerprint density at radius 2 is 1.64 bits per heavy atom. The smallest absolute Gasteiger partial charge is 0.119 e. The van der Waals surface area contributed by atoms with Crippen LogP contribution in [0.3, 0.4) is 0 Å². The Morgan fingerprint density at radius 3 is 2.45 bits per heavy atom. The largest absolute Gasteiger partial charge is 0.492 e. The van der Waals surface area contributed by atoms with Crippen molar-refractivity contribution in [2.75, 3.05) is 13.2 Å². The van der Waals surface area contributed by atoms with Crippen LogP contribution >= 0.6 is 0 Å². The van der Waals surface area contributed by atoms with Gasteiger partial charge in [-0.15, -0.1) is 0 Å².